The number of nitrogens with zero attached hydrogens (tertiary/aromatic N) is 1. The average molecular weight is 402 g/mol. The number of H-pyrrole nitrogens is 1. The van der Waals surface area contributed by atoms with Crippen molar-refractivity contribution < 1.29 is 9.59 Å². The Labute approximate surface area is 176 Å². The van der Waals surface area contributed by atoms with Crippen LogP contribution in [0.5, 0.6) is 0 Å². The number of aromatic amines is 1. The fourth-order valence-corrected chi connectivity index (χ4v) is 3.02. The second kappa shape index (κ2) is 9.69. The first-order valence-corrected chi connectivity index (χ1v) is 9.92. The minimum absolute atomic E-state index is 0.101. The van der Waals surface area contributed by atoms with Gasteiger partial charge in [0, 0.05) is 29.6 Å². The van der Waals surface area contributed by atoms with Crippen LogP contribution in [0.2, 0.25) is 0 Å². The summed E-state index contributed by atoms with van der Waals surface area (Å²) in [6.07, 6.45) is 1.58. The molecule has 1 atom stereocenters. The molecule has 0 spiro atoms. The van der Waals surface area contributed by atoms with Crippen molar-refractivity contribution in [3.63, 3.8) is 0 Å². The van der Waals surface area contributed by atoms with Crippen molar-refractivity contribution in [2.24, 2.45) is 0 Å². The quantitative estimate of drug-likeness (QED) is 0.362. The number of nitrogens with one attached hydrogen (secondary N) is 3. The van der Waals surface area contributed by atoms with Gasteiger partial charge in [-0.05, 0) is 42.2 Å². The minimum Gasteiger partial charge on any atom is -0.381 e. The Morgan fingerprint density at radius 2 is 1.93 bits per heavy atom. The maximum Gasteiger partial charge on any atom is 0.232 e. The normalized spacial score (nSPS) is 11.5. The first-order valence-electron chi connectivity index (χ1n) is 9.92. The van der Waals surface area contributed by atoms with E-state index in [0.29, 0.717) is 17.9 Å². The van der Waals surface area contributed by atoms with Crippen LogP contribution < -0.4 is 10.6 Å². The smallest absolute Gasteiger partial charge is 0.232 e. The van der Waals surface area contributed by atoms with Gasteiger partial charge in [0.2, 0.25) is 5.91 Å². The molecule has 6 nitrogen and oxygen atoms in total. The molecule has 0 saturated heterocycles. The van der Waals surface area contributed by atoms with Crippen molar-refractivity contribution in [1.29, 1.82) is 0 Å². The summed E-state index contributed by atoms with van der Waals surface area (Å²) >= 11 is 0. The number of rotatable bonds is 9. The molecule has 0 aliphatic carbocycles. The molecule has 3 N–H and O–H groups in total. The number of hydrogen-bond acceptors (Lipinski definition) is 4. The van der Waals surface area contributed by atoms with Crippen molar-refractivity contribution in [3.05, 3.63) is 78.0 Å². The second-order valence-electron chi connectivity index (χ2n) is 7.18. The van der Waals surface area contributed by atoms with Crippen LogP contribution >= 0.6 is 0 Å². The van der Waals surface area contributed by atoms with E-state index in [1.54, 1.807) is 0 Å². The van der Waals surface area contributed by atoms with Crippen LogP contribution in [0, 0.1) is 0 Å². The van der Waals surface area contributed by atoms with Crippen LogP contribution in [0.3, 0.4) is 0 Å². The van der Waals surface area contributed by atoms with E-state index >= 15 is 0 Å². The van der Waals surface area contributed by atoms with Gasteiger partial charge in [0.05, 0.1) is 5.92 Å². The summed E-state index contributed by atoms with van der Waals surface area (Å²) in [5, 5.41) is 13.0. The first kappa shape index (κ1) is 21.0. The van der Waals surface area contributed by atoms with E-state index < -0.39 is 0 Å². The van der Waals surface area contributed by atoms with Gasteiger partial charge in [-0.1, -0.05) is 49.9 Å². The zero-order chi connectivity index (χ0) is 21.5. The van der Waals surface area contributed by atoms with Crippen LogP contribution in [-0.2, 0) is 16.0 Å². The lowest BCUT2D eigenvalue weighted by Crippen LogP contribution is -2.19. The first-order chi connectivity index (χ1) is 14.5. The molecule has 30 heavy (non-hydrogen) atoms. The highest BCUT2D eigenvalue weighted by molar-refractivity contribution is 5.95. The summed E-state index contributed by atoms with van der Waals surface area (Å²) in [6.45, 7) is 7.98. The number of benzene rings is 2. The zero-order valence-corrected chi connectivity index (χ0v) is 17.2. The third kappa shape index (κ3) is 5.23. The van der Waals surface area contributed by atoms with E-state index in [1.807, 2.05) is 68.4 Å². The number of aromatic nitrogens is 2. The Balaban J connectivity index is 1.69. The Kier molecular flexibility index (Phi) is 6.80. The topological polar surface area (TPSA) is 86.9 Å². The van der Waals surface area contributed by atoms with Crippen LogP contribution in [0.4, 0.5) is 11.5 Å². The molecule has 0 fully saturated rings. The van der Waals surface area contributed by atoms with Crippen LogP contribution in [0.1, 0.15) is 31.0 Å². The van der Waals surface area contributed by atoms with Crippen molar-refractivity contribution >= 4 is 23.7 Å². The summed E-state index contributed by atoms with van der Waals surface area (Å²) < 4.78 is 0. The monoisotopic (exact) mass is 402 g/mol. The van der Waals surface area contributed by atoms with E-state index in [2.05, 4.69) is 27.4 Å². The molecule has 1 unspecified atom stereocenters. The molecular formula is C24H26N4O2. The van der Waals surface area contributed by atoms with Crippen LogP contribution in [0.25, 0.3) is 11.1 Å². The fraction of sp³-hybridized carbons (Fsp3) is 0.208. The van der Waals surface area contributed by atoms with E-state index in [0.717, 1.165) is 40.8 Å². The maximum absolute atomic E-state index is 12.6. The van der Waals surface area contributed by atoms with Gasteiger partial charge in [-0.3, -0.25) is 14.7 Å². The Morgan fingerprint density at radius 1 is 1.17 bits per heavy atom. The molecule has 1 heterocycles. The van der Waals surface area contributed by atoms with Crippen molar-refractivity contribution in [1.82, 2.24) is 10.2 Å². The molecule has 0 saturated carbocycles. The highest BCUT2D eigenvalue weighted by Gasteiger charge is 2.17. The number of aryl methyl sites for hydroxylation is 1. The van der Waals surface area contributed by atoms with E-state index in [4.69, 9.17) is 0 Å². The molecule has 1 amide bonds. The number of hydrogen-bond donors (Lipinski definition) is 3. The summed E-state index contributed by atoms with van der Waals surface area (Å²) in [5.74, 6) is 0.124. The summed E-state index contributed by atoms with van der Waals surface area (Å²) in [5.41, 5.74) is 5.40. The predicted molar refractivity (Wildman–Crippen MR) is 121 cm³/mol. The lowest BCUT2D eigenvalue weighted by atomic mass is 9.95. The molecule has 3 aromatic rings. The van der Waals surface area contributed by atoms with Crippen molar-refractivity contribution in [3.8, 4) is 11.1 Å². The van der Waals surface area contributed by atoms with Gasteiger partial charge >= 0.3 is 0 Å². The third-order valence-corrected chi connectivity index (χ3v) is 4.95. The van der Waals surface area contributed by atoms with Gasteiger partial charge in [-0.25, -0.2) is 0 Å². The summed E-state index contributed by atoms with van der Waals surface area (Å²) in [6, 6.07) is 17.7. The van der Waals surface area contributed by atoms with Gasteiger partial charge in [0.25, 0.3) is 0 Å². The van der Waals surface area contributed by atoms with E-state index in [-0.39, 0.29) is 11.8 Å². The maximum atomic E-state index is 12.6. The van der Waals surface area contributed by atoms with Crippen molar-refractivity contribution in [2.75, 3.05) is 17.2 Å². The van der Waals surface area contributed by atoms with E-state index in [1.165, 1.54) is 0 Å². The van der Waals surface area contributed by atoms with E-state index in [9.17, 15) is 9.59 Å². The van der Waals surface area contributed by atoms with Gasteiger partial charge in [-0.15, -0.1) is 0 Å². The zero-order valence-electron chi connectivity index (χ0n) is 17.2. The molecule has 3 rings (SSSR count). The Bertz CT molecular complexity index is 1040. The SMILES string of the molecule is C=C(C=O)CNc1ccc(-c2cccc(C(C)C(=O)Nc3cc(CC)[nH]n3)c2)cc1. The van der Waals surface area contributed by atoms with Crippen molar-refractivity contribution in [2.45, 2.75) is 26.2 Å². The molecular weight excluding hydrogens is 376 g/mol. The Morgan fingerprint density at radius 3 is 2.60 bits per heavy atom. The highest BCUT2D eigenvalue weighted by atomic mass is 16.2. The summed E-state index contributed by atoms with van der Waals surface area (Å²) in [7, 11) is 0. The molecule has 0 aliphatic heterocycles. The minimum atomic E-state index is -0.318. The predicted octanol–water partition coefficient (Wildman–Crippen LogP) is 4.55. The largest absolute Gasteiger partial charge is 0.381 e. The number of amides is 1. The van der Waals surface area contributed by atoms with Crippen LogP contribution in [0.15, 0.2) is 66.7 Å². The lowest BCUT2D eigenvalue weighted by molar-refractivity contribution is -0.117. The molecule has 0 aliphatic rings. The molecule has 6 heteroatoms. The summed E-state index contributed by atoms with van der Waals surface area (Å²) in [4.78, 5) is 23.3. The van der Waals surface area contributed by atoms with Gasteiger partial charge in [0.1, 0.15) is 6.29 Å². The number of anilines is 2. The number of aldehydes is 1. The van der Waals surface area contributed by atoms with Gasteiger partial charge in [0.15, 0.2) is 5.82 Å². The molecule has 0 radical (unpaired) electrons. The standard InChI is InChI=1S/C24H26N4O2/c1-4-21-13-23(28-27-21)26-24(30)17(3)19-6-5-7-20(12-19)18-8-10-22(11-9-18)25-14-16(2)15-29/h5-13,15,17,25H,2,4,14H2,1,3H3,(H2,26,27,28,30). The second-order valence-corrected chi connectivity index (χ2v) is 7.18. The van der Waals surface area contributed by atoms with Gasteiger partial charge < -0.3 is 10.6 Å². The number of carbonyl (C=O) groups excluding carboxylic acids is 2. The van der Waals surface area contributed by atoms with Gasteiger partial charge in [-0.2, -0.15) is 5.10 Å². The molecule has 1 aromatic heterocycles. The average Bonchev–Trinajstić information content (AvgIpc) is 3.24. The number of carbonyl (C=O) groups is 2. The highest BCUT2D eigenvalue weighted by Crippen LogP contribution is 2.26. The Hall–Kier alpha value is -3.67. The fourth-order valence-electron chi connectivity index (χ4n) is 3.02. The molecule has 0 bridgehead atoms. The van der Waals surface area contributed by atoms with Crippen LogP contribution in [-0.4, -0.2) is 28.9 Å². The third-order valence-electron chi connectivity index (χ3n) is 4.95. The molecule has 154 valence electrons. The lowest BCUT2D eigenvalue weighted by Gasteiger charge is -2.13. The molecule has 2 aromatic carbocycles.